The third kappa shape index (κ3) is 6.31. The lowest BCUT2D eigenvalue weighted by atomic mass is 9.87. The fourth-order valence-corrected chi connectivity index (χ4v) is 6.72. The van der Waals surface area contributed by atoms with Crippen LogP contribution in [0.1, 0.15) is 23.1 Å². The van der Waals surface area contributed by atoms with E-state index >= 15 is 0 Å². The van der Waals surface area contributed by atoms with Crippen molar-refractivity contribution in [1.82, 2.24) is 25.0 Å². The van der Waals surface area contributed by atoms with E-state index in [0.717, 1.165) is 54.6 Å². The molecule has 2 N–H and O–H groups in total. The van der Waals surface area contributed by atoms with Crippen molar-refractivity contribution >= 4 is 28.5 Å². The van der Waals surface area contributed by atoms with E-state index in [0.29, 0.717) is 32.6 Å². The van der Waals surface area contributed by atoms with E-state index in [2.05, 4.69) is 51.6 Å². The molecule has 4 aromatic rings. The second-order valence-electron chi connectivity index (χ2n) is 12.2. The van der Waals surface area contributed by atoms with Gasteiger partial charge in [-0.25, -0.2) is 4.79 Å². The maximum Gasteiger partial charge on any atom is 0.318 e. The van der Waals surface area contributed by atoms with E-state index in [1.807, 2.05) is 77.5 Å². The zero-order valence-corrected chi connectivity index (χ0v) is 25.3. The molecule has 43 heavy (non-hydrogen) atoms. The number of likely N-dealkylation sites (N-methyl/N-ethyl adjacent to an activating group) is 1. The largest absolute Gasteiger partial charge is 0.361 e. The number of anilines is 1. The Morgan fingerprint density at radius 1 is 0.884 bits per heavy atom. The summed E-state index contributed by atoms with van der Waals surface area (Å²) < 4.78 is 0. The number of para-hydroxylation sites is 2. The normalized spacial score (nSPS) is 17.1. The van der Waals surface area contributed by atoms with Gasteiger partial charge < -0.3 is 25.0 Å². The Balaban J connectivity index is 1.29. The molecule has 1 saturated heterocycles. The van der Waals surface area contributed by atoms with Crippen molar-refractivity contribution in [2.45, 2.75) is 31.3 Å². The number of hydrogen-bond acceptors (Lipinski definition) is 4. The number of aryl methyl sites for hydroxylation is 1. The molecule has 6 rings (SSSR count). The Morgan fingerprint density at radius 3 is 2.40 bits per heavy atom. The van der Waals surface area contributed by atoms with Gasteiger partial charge in [-0.15, -0.1) is 0 Å². The van der Waals surface area contributed by atoms with Crippen LogP contribution in [0.15, 0.2) is 85.1 Å². The predicted molar refractivity (Wildman–Crippen MR) is 172 cm³/mol. The standard InChI is InChI=1S/C35H42N6O2/c1-38(2)26-35(23-29-24-36-31-16-8-7-15-30(29)31,33(42)41-18-10-14-28-13-6-9-17-32(28)41)37-34(43)40-21-19-39(20-22-40)25-27-11-4-3-5-12-27/h3-9,11-13,15-17,24,36H,10,14,18-23,25-26H2,1-2H3,(H,37,43)/t35-/m1/s1. The number of H-pyrrole nitrogens is 1. The molecule has 0 saturated carbocycles. The molecule has 2 aliphatic rings. The van der Waals surface area contributed by atoms with Gasteiger partial charge in [-0.1, -0.05) is 66.7 Å². The molecular formula is C35H42N6O2. The second kappa shape index (κ2) is 12.6. The molecule has 0 bridgehead atoms. The van der Waals surface area contributed by atoms with E-state index in [-0.39, 0.29) is 11.9 Å². The lowest BCUT2D eigenvalue weighted by molar-refractivity contribution is -0.125. The molecule has 0 radical (unpaired) electrons. The van der Waals surface area contributed by atoms with E-state index < -0.39 is 5.54 Å². The third-order valence-electron chi connectivity index (χ3n) is 8.77. The highest BCUT2D eigenvalue weighted by Crippen LogP contribution is 2.32. The summed E-state index contributed by atoms with van der Waals surface area (Å²) in [5.74, 6) is -0.0605. The average Bonchev–Trinajstić information content (AvgIpc) is 3.43. The molecule has 3 amide bonds. The maximum absolute atomic E-state index is 14.9. The van der Waals surface area contributed by atoms with Crippen LogP contribution >= 0.6 is 0 Å². The Bertz CT molecular complexity index is 1560. The minimum Gasteiger partial charge on any atom is -0.361 e. The van der Waals surface area contributed by atoms with Crippen molar-refractivity contribution in [1.29, 1.82) is 0 Å². The van der Waals surface area contributed by atoms with Crippen molar-refractivity contribution in [2.24, 2.45) is 0 Å². The number of aromatic nitrogens is 1. The molecule has 224 valence electrons. The zero-order chi connectivity index (χ0) is 29.8. The number of fused-ring (bicyclic) bond motifs is 2. The van der Waals surface area contributed by atoms with Gasteiger partial charge in [0.15, 0.2) is 0 Å². The topological polar surface area (TPSA) is 74.9 Å². The SMILES string of the molecule is CN(C)C[C@@](Cc1c[nH]c2ccccc12)(NC(=O)N1CCN(Cc2ccccc2)CC1)C(=O)N1CCCc2ccccc21. The molecule has 3 aromatic carbocycles. The summed E-state index contributed by atoms with van der Waals surface area (Å²) in [5, 5.41) is 4.42. The van der Waals surface area contributed by atoms with Crippen molar-refractivity contribution in [3.63, 3.8) is 0 Å². The number of nitrogens with zero attached hydrogens (tertiary/aromatic N) is 4. The minimum atomic E-state index is -1.17. The molecular weight excluding hydrogens is 536 g/mol. The Kier molecular flexibility index (Phi) is 8.49. The summed E-state index contributed by atoms with van der Waals surface area (Å²) in [4.78, 5) is 40.5. The number of hydrogen-bond donors (Lipinski definition) is 2. The van der Waals surface area contributed by atoms with Gasteiger partial charge >= 0.3 is 6.03 Å². The van der Waals surface area contributed by atoms with Gasteiger partial charge in [-0.05, 0) is 55.8 Å². The monoisotopic (exact) mass is 578 g/mol. The number of urea groups is 1. The second-order valence-corrected chi connectivity index (χ2v) is 12.2. The van der Waals surface area contributed by atoms with Crippen molar-refractivity contribution < 1.29 is 9.59 Å². The van der Waals surface area contributed by atoms with Crippen LogP contribution in [0.25, 0.3) is 10.9 Å². The number of amides is 3. The summed E-state index contributed by atoms with van der Waals surface area (Å²) in [6.45, 7) is 4.69. The predicted octanol–water partition coefficient (Wildman–Crippen LogP) is 4.52. The van der Waals surface area contributed by atoms with Gasteiger partial charge in [0.25, 0.3) is 5.91 Å². The third-order valence-corrected chi connectivity index (χ3v) is 8.77. The quantitative estimate of drug-likeness (QED) is 0.323. The number of aromatic amines is 1. The fourth-order valence-electron chi connectivity index (χ4n) is 6.72. The number of benzene rings is 3. The first-order valence-corrected chi connectivity index (χ1v) is 15.3. The molecule has 0 spiro atoms. The summed E-state index contributed by atoms with van der Waals surface area (Å²) in [6.07, 6.45) is 4.21. The van der Waals surface area contributed by atoms with E-state index in [1.165, 1.54) is 11.1 Å². The molecule has 2 aliphatic heterocycles. The lowest BCUT2D eigenvalue weighted by Gasteiger charge is -2.43. The van der Waals surface area contributed by atoms with E-state index in [1.54, 1.807) is 0 Å². The van der Waals surface area contributed by atoms with Crippen molar-refractivity contribution in [3.8, 4) is 0 Å². The summed E-state index contributed by atoms with van der Waals surface area (Å²) >= 11 is 0. The smallest absolute Gasteiger partial charge is 0.318 e. The summed E-state index contributed by atoms with van der Waals surface area (Å²) in [7, 11) is 3.94. The highest BCUT2D eigenvalue weighted by atomic mass is 16.2. The number of carbonyl (C=O) groups is 2. The van der Waals surface area contributed by atoms with Crippen LogP contribution < -0.4 is 10.2 Å². The van der Waals surface area contributed by atoms with Crippen LogP contribution in [0.5, 0.6) is 0 Å². The first-order valence-electron chi connectivity index (χ1n) is 15.3. The Hall–Kier alpha value is -4.14. The summed E-state index contributed by atoms with van der Waals surface area (Å²) in [5.41, 5.74) is 4.27. The Morgan fingerprint density at radius 2 is 1.60 bits per heavy atom. The number of carbonyl (C=O) groups excluding carboxylic acids is 2. The number of nitrogens with one attached hydrogen (secondary N) is 2. The lowest BCUT2D eigenvalue weighted by Crippen LogP contribution is -2.68. The molecule has 0 unspecified atom stereocenters. The molecule has 8 heteroatoms. The van der Waals surface area contributed by atoms with Crippen LogP contribution in [0.2, 0.25) is 0 Å². The van der Waals surface area contributed by atoms with Crippen LogP contribution in [-0.4, -0.2) is 90.5 Å². The molecule has 1 fully saturated rings. The van der Waals surface area contributed by atoms with Gasteiger partial charge in [0.1, 0.15) is 5.54 Å². The maximum atomic E-state index is 14.9. The molecule has 0 aliphatic carbocycles. The summed E-state index contributed by atoms with van der Waals surface area (Å²) in [6, 6.07) is 26.6. The first kappa shape index (κ1) is 29.0. The highest BCUT2D eigenvalue weighted by Gasteiger charge is 2.46. The van der Waals surface area contributed by atoms with Gasteiger partial charge in [0.2, 0.25) is 0 Å². The van der Waals surface area contributed by atoms with Crippen LogP contribution in [0, 0.1) is 0 Å². The van der Waals surface area contributed by atoms with Crippen LogP contribution in [-0.2, 0) is 24.2 Å². The van der Waals surface area contributed by atoms with Crippen LogP contribution in [0.3, 0.4) is 0 Å². The zero-order valence-electron chi connectivity index (χ0n) is 25.3. The number of rotatable bonds is 8. The van der Waals surface area contributed by atoms with Gasteiger partial charge in [0, 0.05) is 75.0 Å². The Labute approximate surface area is 254 Å². The van der Waals surface area contributed by atoms with E-state index in [9.17, 15) is 9.59 Å². The van der Waals surface area contributed by atoms with Crippen LogP contribution in [0.4, 0.5) is 10.5 Å². The van der Waals surface area contributed by atoms with Crippen molar-refractivity contribution in [2.75, 3.05) is 58.3 Å². The molecule has 8 nitrogen and oxygen atoms in total. The van der Waals surface area contributed by atoms with Crippen molar-refractivity contribution in [3.05, 3.63) is 102 Å². The highest BCUT2D eigenvalue weighted by molar-refractivity contribution is 6.04. The van der Waals surface area contributed by atoms with Gasteiger partial charge in [-0.3, -0.25) is 9.69 Å². The van der Waals surface area contributed by atoms with Gasteiger partial charge in [-0.2, -0.15) is 0 Å². The molecule has 3 heterocycles. The molecule has 1 atom stereocenters. The van der Waals surface area contributed by atoms with E-state index in [4.69, 9.17) is 0 Å². The number of piperazine rings is 1. The average molecular weight is 579 g/mol. The first-order chi connectivity index (χ1) is 20.9. The minimum absolute atomic E-state index is 0.0605. The fraction of sp³-hybridized carbons (Fsp3) is 0.371. The molecule has 1 aromatic heterocycles. The van der Waals surface area contributed by atoms with Gasteiger partial charge in [0.05, 0.1) is 0 Å².